The molecule has 0 fully saturated rings. The lowest BCUT2D eigenvalue weighted by molar-refractivity contribution is 0.0833. The summed E-state index contributed by atoms with van der Waals surface area (Å²) in [6.07, 6.45) is 2.41. The highest BCUT2D eigenvalue weighted by Gasteiger charge is 2.18. The molecule has 0 amide bonds. The van der Waals surface area contributed by atoms with Crippen molar-refractivity contribution in [2.45, 2.75) is 38.8 Å². The molecule has 0 aliphatic carbocycles. The zero-order valence-corrected chi connectivity index (χ0v) is 12.5. The van der Waals surface area contributed by atoms with Crippen LogP contribution in [0.25, 0.3) is 0 Å². The third-order valence-electron chi connectivity index (χ3n) is 2.69. The second-order valence-electron chi connectivity index (χ2n) is 3.90. The number of hydrogen-bond acceptors (Lipinski definition) is 3. The lowest BCUT2D eigenvalue weighted by Crippen LogP contribution is -2.41. The molecule has 0 aliphatic heterocycles. The first-order chi connectivity index (χ1) is 7.69. The van der Waals surface area contributed by atoms with Gasteiger partial charge in [0.25, 0.3) is 0 Å². The SMILES string of the molecule is CCCNC(Cc1sccc1Br)C(C)OC. The molecule has 1 aromatic heterocycles. The van der Waals surface area contributed by atoms with E-state index in [2.05, 4.69) is 46.5 Å². The normalized spacial score (nSPS) is 15.0. The molecule has 1 N–H and O–H groups in total. The average Bonchev–Trinajstić information content (AvgIpc) is 2.69. The molecule has 2 unspecified atom stereocenters. The zero-order chi connectivity index (χ0) is 12.0. The average molecular weight is 306 g/mol. The summed E-state index contributed by atoms with van der Waals surface area (Å²) in [5.74, 6) is 0. The lowest BCUT2D eigenvalue weighted by atomic mass is 10.1. The Morgan fingerprint density at radius 2 is 2.31 bits per heavy atom. The van der Waals surface area contributed by atoms with Gasteiger partial charge >= 0.3 is 0 Å². The standard InChI is InChI=1S/C12H20BrNOS/c1-4-6-14-11(9(2)15-3)8-12-10(13)5-7-16-12/h5,7,9,11,14H,4,6,8H2,1-3H3. The minimum atomic E-state index is 0.237. The Morgan fingerprint density at radius 3 is 2.81 bits per heavy atom. The van der Waals surface area contributed by atoms with Crippen LogP contribution in [-0.4, -0.2) is 25.8 Å². The Bertz CT molecular complexity index is 303. The fourth-order valence-electron chi connectivity index (χ4n) is 1.57. The van der Waals surface area contributed by atoms with Crippen molar-refractivity contribution in [2.75, 3.05) is 13.7 Å². The van der Waals surface area contributed by atoms with Gasteiger partial charge in [-0.2, -0.15) is 0 Å². The van der Waals surface area contributed by atoms with Crippen LogP contribution in [0.3, 0.4) is 0 Å². The highest BCUT2D eigenvalue weighted by Crippen LogP contribution is 2.24. The zero-order valence-electron chi connectivity index (χ0n) is 10.1. The van der Waals surface area contributed by atoms with Crippen LogP contribution in [0.2, 0.25) is 0 Å². The quantitative estimate of drug-likeness (QED) is 0.833. The molecule has 0 aromatic carbocycles. The van der Waals surface area contributed by atoms with Gasteiger partial charge in [0.05, 0.1) is 6.10 Å². The minimum Gasteiger partial charge on any atom is -0.380 e. The summed E-state index contributed by atoms with van der Waals surface area (Å²) in [6, 6.07) is 2.49. The van der Waals surface area contributed by atoms with Crippen LogP contribution in [0.5, 0.6) is 0 Å². The summed E-state index contributed by atoms with van der Waals surface area (Å²) in [6.45, 7) is 5.35. The smallest absolute Gasteiger partial charge is 0.0699 e. The molecule has 0 aliphatic rings. The first-order valence-electron chi connectivity index (χ1n) is 5.67. The molecule has 0 bridgehead atoms. The van der Waals surface area contributed by atoms with Gasteiger partial charge in [-0.1, -0.05) is 6.92 Å². The second-order valence-corrected chi connectivity index (χ2v) is 5.75. The maximum atomic E-state index is 5.42. The summed E-state index contributed by atoms with van der Waals surface area (Å²) in [7, 11) is 1.77. The summed E-state index contributed by atoms with van der Waals surface area (Å²) in [4.78, 5) is 1.39. The molecule has 92 valence electrons. The molecule has 1 heterocycles. The maximum Gasteiger partial charge on any atom is 0.0699 e. The van der Waals surface area contributed by atoms with Crippen LogP contribution < -0.4 is 5.32 Å². The molecule has 0 spiro atoms. The van der Waals surface area contributed by atoms with E-state index in [9.17, 15) is 0 Å². The van der Waals surface area contributed by atoms with Gasteiger partial charge in [-0.3, -0.25) is 0 Å². The lowest BCUT2D eigenvalue weighted by Gasteiger charge is -2.23. The molecule has 1 rings (SSSR count). The molecule has 1 aromatic rings. The number of nitrogens with one attached hydrogen (secondary N) is 1. The van der Waals surface area contributed by atoms with Crippen molar-refractivity contribution in [1.82, 2.24) is 5.32 Å². The van der Waals surface area contributed by atoms with E-state index in [-0.39, 0.29) is 6.10 Å². The van der Waals surface area contributed by atoms with Gasteiger partial charge in [0.1, 0.15) is 0 Å². The fourth-order valence-corrected chi connectivity index (χ4v) is 3.14. The van der Waals surface area contributed by atoms with Gasteiger partial charge in [0, 0.05) is 28.9 Å². The van der Waals surface area contributed by atoms with Gasteiger partial charge in [0.15, 0.2) is 0 Å². The Balaban J connectivity index is 2.59. The van der Waals surface area contributed by atoms with E-state index in [1.54, 1.807) is 18.4 Å². The molecule has 0 radical (unpaired) electrons. The van der Waals surface area contributed by atoms with Gasteiger partial charge in [0.2, 0.25) is 0 Å². The first kappa shape index (κ1) is 14.2. The third-order valence-corrected chi connectivity index (χ3v) is 4.64. The van der Waals surface area contributed by atoms with Crippen molar-refractivity contribution in [2.24, 2.45) is 0 Å². The van der Waals surface area contributed by atoms with E-state index in [1.165, 1.54) is 9.35 Å². The Hall–Kier alpha value is 0.1000. The van der Waals surface area contributed by atoms with Crippen LogP contribution >= 0.6 is 27.3 Å². The number of halogens is 1. The molecule has 2 atom stereocenters. The van der Waals surface area contributed by atoms with E-state index < -0.39 is 0 Å². The number of rotatable bonds is 7. The molecule has 0 saturated carbocycles. The number of ether oxygens (including phenoxy) is 1. The highest BCUT2D eigenvalue weighted by atomic mass is 79.9. The minimum absolute atomic E-state index is 0.237. The molecule has 4 heteroatoms. The van der Waals surface area contributed by atoms with E-state index in [0.717, 1.165) is 19.4 Å². The molecule has 16 heavy (non-hydrogen) atoms. The van der Waals surface area contributed by atoms with E-state index in [1.807, 2.05) is 0 Å². The van der Waals surface area contributed by atoms with Crippen LogP contribution in [0, 0.1) is 0 Å². The van der Waals surface area contributed by atoms with Crippen molar-refractivity contribution in [3.8, 4) is 0 Å². The van der Waals surface area contributed by atoms with Gasteiger partial charge in [-0.25, -0.2) is 0 Å². The fraction of sp³-hybridized carbons (Fsp3) is 0.667. The van der Waals surface area contributed by atoms with Crippen molar-refractivity contribution in [3.05, 3.63) is 20.8 Å². The largest absolute Gasteiger partial charge is 0.380 e. The Morgan fingerprint density at radius 1 is 1.56 bits per heavy atom. The summed E-state index contributed by atoms with van der Waals surface area (Å²) in [5, 5.41) is 5.67. The van der Waals surface area contributed by atoms with E-state index in [0.29, 0.717) is 6.04 Å². The van der Waals surface area contributed by atoms with Gasteiger partial charge < -0.3 is 10.1 Å². The highest BCUT2D eigenvalue weighted by molar-refractivity contribution is 9.10. The predicted molar refractivity (Wildman–Crippen MR) is 74.3 cm³/mol. The van der Waals surface area contributed by atoms with Crippen LogP contribution in [0.1, 0.15) is 25.1 Å². The summed E-state index contributed by atoms with van der Waals surface area (Å²) in [5.41, 5.74) is 0. The first-order valence-corrected chi connectivity index (χ1v) is 7.34. The van der Waals surface area contributed by atoms with Crippen molar-refractivity contribution >= 4 is 27.3 Å². The number of hydrogen-bond donors (Lipinski definition) is 1. The van der Waals surface area contributed by atoms with Gasteiger partial charge in [-0.15, -0.1) is 11.3 Å². The Labute approximate surface area is 111 Å². The predicted octanol–water partition coefficient (Wildman–Crippen LogP) is 3.46. The molecular formula is C12H20BrNOS. The number of methoxy groups -OCH3 is 1. The maximum absolute atomic E-state index is 5.42. The summed E-state index contributed by atoms with van der Waals surface area (Å²) < 4.78 is 6.64. The van der Waals surface area contributed by atoms with Gasteiger partial charge in [-0.05, 0) is 47.3 Å². The van der Waals surface area contributed by atoms with Crippen LogP contribution in [0.15, 0.2) is 15.9 Å². The number of thiophene rings is 1. The third kappa shape index (κ3) is 4.17. The van der Waals surface area contributed by atoms with Crippen LogP contribution in [0.4, 0.5) is 0 Å². The van der Waals surface area contributed by atoms with Crippen molar-refractivity contribution < 1.29 is 4.74 Å². The summed E-state index contributed by atoms with van der Waals surface area (Å²) >= 11 is 5.37. The van der Waals surface area contributed by atoms with E-state index >= 15 is 0 Å². The topological polar surface area (TPSA) is 21.3 Å². The Kier molecular flexibility index (Phi) is 6.58. The van der Waals surface area contributed by atoms with Crippen molar-refractivity contribution in [1.29, 1.82) is 0 Å². The molecule has 2 nitrogen and oxygen atoms in total. The monoisotopic (exact) mass is 305 g/mol. The molecule has 0 saturated heterocycles. The van der Waals surface area contributed by atoms with E-state index in [4.69, 9.17) is 4.74 Å². The second kappa shape index (κ2) is 7.43. The molecular weight excluding hydrogens is 286 g/mol. The van der Waals surface area contributed by atoms with Crippen molar-refractivity contribution in [3.63, 3.8) is 0 Å². The van der Waals surface area contributed by atoms with Crippen LogP contribution in [-0.2, 0) is 11.2 Å².